The monoisotopic (exact) mass is 576 g/mol. The lowest BCUT2D eigenvalue weighted by Crippen LogP contribution is -2.61. The van der Waals surface area contributed by atoms with E-state index in [9.17, 15) is 30.3 Å². The molecule has 4 rings (SSSR count). The molecule has 8 heteroatoms. The summed E-state index contributed by atoms with van der Waals surface area (Å²) in [6.07, 6.45) is 5.07. The first-order valence-corrected chi connectivity index (χ1v) is 15.7. The normalized spacial score (nSPS) is 42.6. The van der Waals surface area contributed by atoms with E-state index in [1.54, 1.807) is 0 Å². The first-order valence-electron chi connectivity index (χ1n) is 15.7. The van der Waals surface area contributed by atoms with E-state index in [-0.39, 0.29) is 6.42 Å². The van der Waals surface area contributed by atoms with Gasteiger partial charge in [-0.15, -0.1) is 0 Å². The number of aliphatic carboxylic acids is 1. The summed E-state index contributed by atoms with van der Waals surface area (Å²) in [5.74, 6) is 1.33. The smallest absolute Gasteiger partial charge is 0.335 e. The highest BCUT2D eigenvalue weighted by atomic mass is 16.7. The fraction of sp³-hybridized carbons (Fsp3) is 0.788. The number of ether oxygens (including phenoxy) is 2. The van der Waals surface area contributed by atoms with Crippen LogP contribution in [0.2, 0.25) is 0 Å². The summed E-state index contributed by atoms with van der Waals surface area (Å²) in [6.45, 7) is 13.7. The van der Waals surface area contributed by atoms with Crippen molar-refractivity contribution in [1.82, 2.24) is 0 Å². The molecule has 3 saturated carbocycles. The molecular formula is C33H52O8. The van der Waals surface area contributed by atoms with Crippen LogP contribution >= 0.6 is 0 Å². The van der Waals surface area contributed by atoms with Gasteiger partial charge in [0.25, 0.3) is 0 Å². The van der Waals surface area contributed by atoms with Gasteiger partial charge in [0.1, 0.15) is 18.3 Å². The maximum atomic E-state index is 11.5. The van der Waals surface area contributed by atoms with E-state index in [1.165, 1.54) is 50.5 Å². The number of fused-ring (bicyclic) bond motifs is 1. The van der Waals surface area contributed by atoms with Gasteiger partial charge in [0.2, 0.25) is 0 Å². The number of aliphatic hydroxyl groups is 4. The van der Waals surface area contributed by atoms with Crippen LogP contribution in [0.25, 0.3) is 0 Å². The molecule has 3 aliphatic carbocycles. The molecule has 4 fully saturated rings. The van der Waals surface area contributed by atoms with Crippen molar-refractivity contribution in [2.75, 3.05) is 0 Å². The maximum absolute atomic E-state index is 11.5. The zero-order valence-corrected chi connectivity index (χ0v) is 25.2. The van der Waals surface area contributed by atoms with Crippen molar-refractivity contribution in [2.45, 2.75) is 135 Å². The zero-order chi connectivity index (χ0) is 30.1. The van der Waals surface area contributed by atoms with Gasteiger partial charge in [-0.25, -0.2) is 4.79 Å². The quantitative estimate of drug-likeness (QED) is 0.271. The SMILES string of the molecule is C=C1/C(=C\C=C2/CCC[C@]3(C)[C@@H]([C@H](C)CCCC(C)C)CC[C@@H]23)C[C@@H](O[C@H]2O[C@H](C(=O)O)[C@@H](O)[C@H](O)[C@H]2O)C[C@@H]1O. The maximum Gasteiger partial charge on any atom is 0.335 e. The van der Waals surface area contributed by atoms with Gasteiger partial charge in [0.05, 0.1) is 12.2 Å². The summed E-state index contributed by atoms with van der Waals surface area (Å²) in [5, 5.41) is 50.6. The third-order valence-electron chi connectivity index (χ3n) is 10.6. The molecule has 0 amide bonds. The Kier molecular flexibility index (Phi) is 10.6. The summed E-state index contributed by atoms with van der Waals surface area (Å²) < 4.78 is 11.2. The van der Waals surface area contributed by atoms with Gasteiger partial charge in [-0.05, 0) is 78.8 Å². The fourth-order valence-electron chi connectivity index (χ4n) is 8.17. The van der Waals surface area contributed by atoms with Gasteiger partial charge in [0, 0.05) is 6.42 Å². The van der Waals surface area contributed by atoms with Crippen LogP contribution in [0.5, 0.6) is 0 Å². The van der Waals surface area contributed by atoms with E-state index >= 15 is 0 Å². The molecule has 0 bridgehead atoms. The fourth-order valence-corrected chi connectivity index (χ4v) is 8.17. The molecule has 0 unspecified atom stereocenters. The molecular weight excluding hydrogens is 524 g/mol. The second-order valence-electron chi connectivity index (χ2n) is 13.8. The van der Waals surface area contributed by atoms with Crippen molar-refractivity contribution in [3.63, 3.8) is 0 Å². The summed E-state index contributed by atoms with van der Waals surface area (Å²) in [4.78, 5) is 11.5. The number of rotatable bonds is 9. The Hall–Kier alpha value is -1.55. The van der Waals surface area contributed by atoms with Crippen molar-refractivity contribution >= 4 is 5.97 Å². The number of hydrogen-bond donors (Lipinski definition) is 5. The molecule has 1 aliphatic heterocycles. The lowest BCUT2D eigenvalue weighted by atomic mass is 9.60. The van der Waals surface area contributed by atoms with Crippen molar-refractivity contribution in [2.24, 2.45) is 29.1 Å². The molecule has 4 aliphatic rings. The van der Waals surface area contributed by atoms with Crippen LogP contribution < -0.4 is 0 Å². The molecule has 1 saturated heterocycles. The topological polar surface area (TPSA) is 137 Å². The van der Waals surface area contributed by atoms with Crippen LogP contribution in [0.3, 0.4) is 0 Å². The number of hydrogen-bond acceptors (Lipinski definition) is 7. The molecule has 1 heterocycles. The minimum atomic E-state index is -1.78. The minimum absolute atomic E-state index is 0.201. The summed E-state index contributed by atoms with van der Waals surface area (Å²) in [5.41, 5.74) is 3.27. The Bertz CT molecular complexity index is 1000. The molecule has 0 aromatic carbocycles. The van der Waals surface area contributed by atoms with Gasteiger partial charge in [-0.1, -0.05) is 71.3 Å². The molecule has 0 aromatic heterocycles. The highest BCUT2D eigenvalue weighted by Crippen LogP contribution is 2.60. The van der Waals surface area contributed by atoms with Gasteiger partial charge in [0.15, 0.2) is 12.4 Å². The van der Waals surface area contributed by atoms with Gasteiger partial charge in [-0.3, -0.25) is 0 Å². The summed E-state index contributed by atoms with van der Waals surface area (Å²) in [6, 6.07) is 0. The lowest BCUT2D eigenvalue weighted by Gasteiger charge is -2.44. The van der Waals surface area contributed by atoms with E-state index < -0.39 is 48.9 Å². The van der Waals surface area contributed by atoms with E-state index in [0.29, 0.717) is 23.3 Å². The average Bonchev–Trinajstić information content (AvgIpc) is 3.27. The van der Waals surface area contributed by atoms with Crippen molar-refractivity contribution < 1.29 is 39.8 Å². The standard InChI is InChI=1S/C33H52O8/c1-18(2)8-6-9-19(3)24-13-14-25-21(10-7-15-33(24,25)5)11-12-22-16-23(17-26(34)20(22)4)40-32-29(37)27(35)28(36)30(41-32)31(38)39/h11-12,18-19,23-30,32,34-37H,4,6-10,13-17H2,1-3,5H3,(H,38,39)/b21-11+,22-12-/t19-,23-,24-,25+,26+,27+,28+,29-,30+,32+,33-/m1/s1. The molecule has 8 nitrogen and oxygen atoms in total. The Morgan fingerprint density at radius 1 is 1.10 bits per heavy atom. The van der Waals surface area contributed by atoms with Gasteiger partial charge >= 0.3 is 5.97 Å². The van der Waals surface area contributed by atoms with Gasteiger partial charge in [-0.2, -0.15) is 0 Å². The lowest BCUT2D eigenvalue weighted by molar-refractivity contribution is -0.305. The number of allylic oxidation sites excluding steroid dienone is 3. The number of carboxylic acid groups (broad SMARTS) is 1. The molecule has 232 valence electrons. The predicted molar refractivity (Wildman–Crippen MR) is 156 cm³/mol. The van der Waals surface area contributed by atoms with Crippen LogP contribution in [-0.4, -0.2) is 74.4 Å². The van der Waals surface area contributed by atoms with Crippen molar-refractivity contribution in [3.05, 3.63) is 35.5 Å². The van der Waals surface area contributed by atoms with Crippen LogP contribution in [0.4, 0.5) is 0 Å². The minimum Gasteiger partial charge on any atom is -0.479 e. The molecule has 0 spiro atoms. The van der Waals surface area contributed by atoms with E-state index in [0.717, 1.165) is 29.7 Å². The molecule has 0 aromatic rings. The number of aliphatic hydroxyl groups excluding tert-OH is 4. The van der Waals surface area contributed by atoms with Crippen molar-refractivity contribution in [3.8, 4) is 0 Å². The average molecular weight is 577 g/mol. The highest BCUT2D eigenvalue weighted by Gasteiger charge is 2.51. The third kappa shape index (κ3) is 7.00. The number of carboxylic acids is 1. The first-order chi connectivity index (χ1) is 19.3. The molecule has 0 radical (unpaired) electrons. The van der Waals surface area contributed by atoms with Crippen LogP contribution in [0.1, 0.15) is 91.9 Å². The molecule has 5 N–H and O–H groups in total. The van der Waals surface area contributed by atoms with Crippen molar-refractivity contribution in [1.29, 1.82) is 0 Å². The predicted octanol–water partition coefficient (Wildman–Crippen LogP) is 4.51. The van der Waals surface area contributed by atoms with Crippen LogP contribution in [-0.2, 0) is 14.3 Å². The van der Waals surface area contributed by atoms with Gasteiger partial charge < -0.3 is 35.0 Å². The summed E-state index contributed by atoms with van der Waals surface area (Å²) >= 11 is 0. The Balaban J connectivity index is 1.45. The Labute approximate surface area is 245 Å². The highest BCUT2D eigenvalue weighted by molar-refractivity contribution is 5.73. The summed E-state index contributed by atoms with van der Waals surface area (Å²) in [7, 11) is 0. The van der Waals surface area contributed by atoms with Crippen LogP contribution in [0.15, 0.2) is 35.5 Å². The Morgan fingerprint density at radius 3 is 2.51 bits per heavy atom. The second-order valence-corrected chi connectivity index (χ2v) is 13.8. The molecule has 11 atom stereocenters. The largest absolute Gasteiger partial charge is 0.479 e. The second kappa shape index (κ2) is 13.4. The Morgan fingerprint density at radius 2 is 1.83 bits per heavy atom. The van der Waals surface area contributed by atoms with Crippen LogP contribution in [0, 0.1) is 29.1 Å². The van der Waals surface area contributed by atoms with E-state index in [2.05, 4.69) is 46.4 Å². The first kappa shape index (κ1) is 32.4. The third-order valence-corrected chi connectivity index (χ3v) is 10.6. The molecule has 41 heavy (non-hydrogen) atoms. The van der Waals surface area contributed by atoms with E-state index in [1.807, 2.05) is 0 Å². The zero-order valence-electron chi connectivity index (χ0n) is 25.2. The number of carbonyl (C=O) groups is 1. The van der Waals surface area contributed by atoms with E-state index in [4.69, 9.17) is 9.47 Å².